The van der Waals surface area contributed by atoms with Crippen LogP contribution in [-0.4, -0.2) is 30.3 Å². The highest BCUT2D eigenvalue weighted by atomic mass is 16.5. The van der Waals surface area contributed by atoms with Crippen LogP contribution in [0.4, 0.5) is 0 Å². The number of nitrogens with one attached hydrogen (secondary N) is 1. The number of nitrogens with zero attached hydrogens (tertiary/aromatic N) is 2. The highest BCUT2D eigenvalue weighted by Gasteiger charge is 2.31. The minimum Gasteiger partial charge on any atom is -0.497 e. The van der Waals surface area contributed by atoms with Crippen LogP contribution >= 0.6 is 0 Å². The lowest BCUT2D eigenvalue weighted by Crippen LogP contribution is -2.27. The second-order valence-electron chi connectivity index (χ2n) is 5.12. The Labute approximate surface area is 118 Å². The van der Waals surface area contributed by atoms with Crippen LogP contribution in [0.1, 0.15) is 31.1 Å². The first kappa shape index (κ1) is 13.1. The zero-order chi connectivity index (χ0) is 13.9. The van der Waals surface area contributed by atoms with E-state index in [0.29, 0.717) is 17.8 Å². The van der Waals surface area contributed by atoms with E-state index in [0.717, 1.165) is 23.6 Å². The van der Waals surface area contributed by atoms with E-state index >= 15 is 0 Å². The highest BCUT2D eigenvalue weighted by Crippen LogP contribution is 2.34. The minimum absolute atomic E-state index is 0.333. The van der Waals surface area contributed by atoms with Crippen molar-refractivity contribution in [3.8, 4) is 17.1 Å². The number of ether oxygens (including phenoxy) is 1. The van der Waals surface area contributed by atoms with Crippen molar-refractivity contribution in [3.63, 3.8) is 0 Å². The van der Waals surface area contributed by atoms with Gasteiger partial charge in [0.15, 0.2) is 0 Å². The van der Waals surface area contributed by atoms with E-state index in [1.165, 1.54) is 12.8 Å². The molecular weight excluding hydrogens is 254 g/mol. The van der Waals surface area contributed by atoms with Gasteiger partial charge in [-0.25, -0.2) is 0 Å². The van der Waals surface area contributed by atoms with Crippen LogP contribution in [0.25, 0.3) is 11.4 Å². The van der Waals surface area contributed by atoms with E-state index in [4.69, 9.17) is 9.26 Å². The van der Waals surface area contributed by atoms with Gasteiger partial charge < -0.3 is 14.6 Å². The van der Waals surface area contributed by atoms with Crippen molar-refractivity contribution in [2.75, 3.05) is 14.2 Å². The van der Waals surface area contributed by atoms with Gasteiger partial charge in [0, 0.05) is 11.6 Å². The number of hydrogen-bond donors (Lipinski definition) is 1. The van der Waals surface area contributed by atoms with E-state index < -0.39 is 0 Å². The van der Waals surface area contributed by atoms with E-state index in [1.807, 2.05) is 31.3 Å². The molecule has 106 valence electrons. The van der Waals surface area contributed by atoms with Crippen molar-refractivity contribution < 1.29 is 9.26 Å². The Morgan fingerprint density at radius 2 is 2.05 bits per heavy atom. The summed E-state index contributed by atoms with van der Waals surface area (Å²) >= 11 is 0. The lowest BCUT2D eigenvalue weighted by molar-refractivity contribution is 0.335. The Bertz CT molecular complexity index is 565. The molecule has 2 aromatic rings. The largest absolute Gasteiger partial charge is 0.497 e. The summed E-state index contributed by atoms with van der Waals surface area (Å²) < 4.78 is 10.6. The lowest BCUT2D eigenvalue weighted by atomic mass is 10.0. The van der Waals surface area contributed by atoms with Gasteiger partial charge in [-0.15, -0.1) is 0 Å². The quantitative estimate of drug-likeness (QED) is 0.927. The molecule has 1 heterocycles. The molecule has 0 radical (unpaired) electrons. The molecule has 2 atom stereocenters. The third-order valence-corrected chi connectivity index (χ3v) is 3.99. The van der Waals surface area contributed by atoms with Gasteiger partial charge in [0.05, 0.1) is 13.0 Å². The Kier molecular flexibility index (Phi) is 3.69. The summed E-state index contributed by atoms with van der Waals surface area (Å²) in [5.41, 5.74) is 0.944. The van der Waals surface area contributed by atoms with Gasteiger partial charge >= 0.3 is 0 Å². The van der Waals surface area contributed by atoms with Crippen molar-refractivity contribution in [2.24, 2.45) is 0 Å². The van der Waals surface area contributed by atoms with Crippen LogP contribution in [0.15, 0.2) is 28.8 Å². The lowest BCUT2D eigenvalue weighted by Gasteiger charge is -2.14. The maximum atomic E-state index is 5.46. The van der Waals surface area contributed by atoms with Crippen LogP contribution in [0, 0.1) is 0 Å². The summed E-state index contributed by atoms with van der Waals surface area (Å²) in [5.74, 6) is 2.54. The van der Waals surface area contributed by atoms with Crippen LogP contribution in [0.2, 0.25) is 0 Å². The van der Waals surface area contributed by atoms with E-state index in [-0.39, 0.29) is 0 Å². The molecule has 0 aliphatic heterocycles. The number of methoxy groups -OCH3 is 1. The second-order valence-corrected chi connectivity index (χ2v) is 5.12. The highest BCUT2D eigenvalue weighted by molar-refractivity contribution is 5.55. The summed E-state index contributed by atoms with van der Waals surface area (Å²) in [6, 6.07) is 8.13. The van der Waals surface area contributed by atoms with Crippen LogP contribution < -0.4 is 10.1 Å². The molecule has 20 heavy (non-hydrogen) atoms. The molecule has 3 rings (SSSR count). The molecule has 1 aliphatic rings. The standard InChI is InChI=1S/C15H19N3O2/c1-16-13-5-3-4-12(13)15-17-14(18-20-15)10-6-8-11(19-2)9-7-10/h6-9,12-13,16H,3-5H2,1-2H3. The molecule has 1 aromatic heterocycles. The van der Waals surface area contributed by atoms with E-state index in [1.54, 1.807) is 7.11 Å². The summed E-state index contributed by atoms with van der Waals surface area (Å²) in [4.78, 5) is 4.56. The molecule has 5 heteroatoms. The van der Waals surface area contributed by atoms with Gasteiger partial charge in [0.25, 0.3) is 0 Å². The molecule has 1 N–H and O–H groups in total. The molecule has 5 nitrogen and oxygen atoms in total. The van der Waals surface area contributed by atoms with Gasteiger partial charge in [-0.05, 0) is 44.2 Å². The van der Waals surface area contributed by atoms with Crippen molar-refractivity contribution >= 4 is 0 Å². The molecule has 2 unspecified atom stereocenters. The van der Waals surface area contributed by atoms with Gasteiger partial charge in [-0.1, -0.05) is 11.6 Å². The third kappa shape index (κ3) is 2.41. The van der Waals surface area contributed by atoms with Crippen molar-refractivity contribution in [1.82, 2.24) is 15.5 Å². The third-order valence-electron chi connectivity index (χ3n) is 3.99. The molecule has 0 saturated heterocycles. The van der Waals surface area contributed by atoms with Gasteiger partial charge in [-0.3, -0.25) is 0 Å². The average Bonchev–Trinajstić information content (AvgIpc) is 3.15. The van der Waals surface area contributed by atoms with Crippen molar-refractivity contribution in [1.29, 1.82) is 0 Å². The van der Waals surface area contributed by atoms with Crippen LogP contribution in [0.5, 0.6) is 5.75 Å². The fraction of sp³-hybridized carbons (Fsp3) is 0.467. The summed E-state index contributed by atoms with van der Waals surface area (Å²) in [6.45, 7) is 0. The van der Waals surface area contributed by atoms with Gasteiger partial charge in [0.1, 0.15) is 5.75 Å². The predicted molar refractivity (Wildman–Crippen MR) is 75.7 cm³/mol. The number of likely N-dealkylation sites (N-methyl/N-ethyl adjacent to an activating group) is 1. The molecule has 1 aromatic carbocycles. The SMILES string of the molecule is CNC1CCCC1c1nc(-c2ccc(OC)cc2)no1. The first-order valence-electron chi connectivity index (χ1n) is 6.97. The first-order chi connectivity index (χ1) is 9.81. The molecule has 1 saturated carbocycles. The Balaban J connectivity index is 1.82. The fourth-order valence-electron chi connectivity index (χ4n) is 2.84. The number of rotatable bonds is 4. The first-order valence-corrected chi connectivity index (χ1v) is 6.97. The molecule has 0 spiro atoms. The normalized spacial score (nSPS) is 22.1. The molecule has 1 fully saturated rings. The Morgan fingerprint density at radius 3 is 2.75 bits per heavy atom. The summed E-state index contributed by atoms with van der Waals surface area (Å²) in [5, 5.41) is 7.43. The van der Waals surface area contributed by atoms with Crippen LogP contribution in [0.3, 0.4) is 0 Å². The van der Waals surface area contributed by atoms with Crippen LogP contribution in [-0.2, 0) is 0 Å². The minimum atomic E-state index is 0.333. The maximum Gasteiger partial charge on any atom is 0.231 e. The van der Waals surface area contributed by atoms with Gasteiger partial charge in [-0.2, -0.15) is 4.98 Å². The molecule has 1 aliphatic carbocycles. The number of benzene rings is 1. The van der Waals surface area contributed by atoms with Crippen molar-refractivity contribution in [3.05, 3.63) is 30.2 Å². The van der Waals surface area contributed by atoms with Crippen molar-refractivity contribution in [2.45, 2.75) is 31.2 Å². The fourth-order valence-corrected chi connectivity index (χ4v) is 2.84. The van der Waals surface area contributed by atoms with E-state index in [9.17, 15) is 0 Å². The number of aromatic nitrogens is 2. The number of hydrogen-bond acceptors (Lipinski definition) is 5. The van der Waals surface area contributed by atoms with E-state index in [2.05, 4.69) is 15.5 Å². The smallest absolute Gasteiger partial charge is 0.231 e. The predicted octanol–water partition coefficient (Wildman–Crippen LogP) is 2.60. The average molecular weight is 273 g/mol. The second kappa shape index (κ2) is 5.63. The molecule has 0 bridgehead atoms. The topological polar surface area (TPSA) is 60.2 Å². The molecular formula is C15H19N3O2. The maximum absolute atomic E-state index is 5.46. The monoisotopic (exact) mass is 273 g/mol. The zero-order valence-corrected chi connectivity index (χ0v) is 11.8. The Hall–Kier alpha value is -1.88. The zero-order valence-electron chi connectivity index (χ0n) is 11.8. The summed E-state index contributed by atoms with van der Waals surface area (Å²) in [6.07, 6.45) is 3.48. The summed E-state index contributed by atoms with van der Waals surface area (Å²) in [7, 11) is 3.64. The molecule has 0 amide bonds. The Morgan fingerprint density at radius 1 is 1.25 bits per heavy atom. The van der Waals surface area contributed by atoms with Gasteiger partial charge in [0.2, 0.25) is 11.7 Å².